The Hall–Kier alpha value is -1.42. The molecule has 0 aromatic carbocycles. The summed E-state index contributed by atoms with van der Waals surface area (Å²) in [6.07, 6.45) is 3.37. The van der Waals surface area contributed by atoms with E-state index in [1.165, 1.54) is 0 Å². The van der Waals surface area contributed by atoms with Crippen molar-refractivity contribution >= 4 is 28.9 Å². The molecule has 0 aliphatic heterocycles. The largest absolute Gasteiger partial charge is 0.319 e. The van der Waals surface area contributed by atoms with Gasteiger partial charge in [-0.15, -0.1) is 0 Å². The molecule has 2 aromatic heterocycles. The Labute approximate surface area is 111 Å². The number of carbonyl (C=O) groups is 1. The third-order valence-electron chi connectivity index (χ3n) is 3.04. The number of halogens is 1. The molecule has 5 heteroatoms. The van der Waals surface area contributed by atoms with Crippen LogP contribution in [0.15, 0.2) is 0 Å². The van der Waals surface area contributed by atoms with Gasteiger partial charge in [-0.3, -0.25) is 4.79 Å². The summed E-state index contributed by atoms with van der Waals surface area (Å²) < 4.78 is 1.75. The molecule has 96 valence electrons. The van der Waals surface area contributed by atoms with Crippen molar-refractivity contribution in [3.8, 4) is 0 Å². The second kappa shape index (κ2) is 5.06. The smallest absolute Gasteiger partial charge is 0.153 e. The molecule has 0 spiro atoms. The molecule has 0 radical (unpaired) electrons. The Balaban J connectivity index is 2.83. The van der Waals surface area contributed by atoms with Crippen LogP contribution in [0, 0.1) is 0 Å². The van der Waals surface area contributed by atoms with Gasteiger partial charge < -0.3 is 4.57 Å². The van der Waals surface area contributed by atoms with Crippen LogP contribution in [-0.4, -0.2) is 20.8 Å². The fourth-order valence-corrected chi connectivity index (χ4v) is 2.36. The maximum atomic E-state index is 11.2. The van der Waals surface area contributed by atoms with Gasteiger partial charge in [-0.25, -0.2) is 9.97 Å². The van der Waals surface area contributed by atoms with Crippen molar-refractivity contribution in [3.63, 3.8) is 0 Å². The van der Waals surface area contributed by atoms with E-state index in [1.54, 1.807) is 4.57 Å². The highest BCUT2D eigenvalue weighted by molar-refractivity contribution is 6.34. The average molecular weight is 266 g/mol. The van der Waals surface area contributed by atoms with Crippen molar-refractivity contribution in [2.24, 2.45) is 7.05 Å². The van der Waals surface area contributed by atoms with Crippen LogP contribution < -0.4 is 0 Å². The first-order valence-corrected chi connectivity index (χ1v) is 6.50. The van der Waals surface area contributed by atoms with E-state index in [9.17, 15) is 4.79 Å². The van der Waals surface area contributed by atoms with Crippen molar-refractivity contribution < 1.29 is 4.79 Å². The number of aryl methyl sites for hydroxylation is 3. The number of rotatable bonds is 4. The van der Waals surface area contributed by atoms with Crippen molar-refractivity contribution in [1.29, 1.82) is 0 Å². The molecule has 0 saturated heterocycles. The highest BCUT2D eigenvalue weighted by Crippen LogP contribution is 2.29. The fourth-order valence-electron chi connectivity index (χ4n) is 2.14. The number of hydrogen-bond acceptors (Lipinski definition) is 3. The Morgan fingerprint density at radius 2 is 2.06 bits per heavy atom. The fraction of sp³-hybridized carbons (Fsp3) is 0.462. The van der Waals surface area contributed by atoms with Crippen LogP contribution >= 0.6 is 11.6 Å². The number of aromatic nitrogens is 3. The van der Waals surface area contributed by atoms with Gasteiger partial charge in [0, 0.05) is 13.5 Å². The monoisotopic (exact) mass is 265 g/mol. The van der Waals surface area contributed by atoms with E-state index in [2.05, 4.69) is 16.9 Å². The number of aldehydes is 1. The van der Waals surface area contributed by atoms with Crippen LogP contribution in [0.25, 0.3) is 11.0 Å². The Morgan fingerprint density at radius 1 is 1.33 bits per heavy atom. The van der Waals surface area contributed by atoms with E-state index in [0.29, 0.717) is 10.7 Å². The Bertz CT molecular complexity index is 604. The summed E-state index contributed by atoms with van der Waals surface area (Å²) in [5, 5.41) is 1.22. The molecule has 0 aliphatic carbocycles. The Kier molecular flexibility index (Phi) is 3.66. The molecule has 0 fully saturated rings. The van der Waals surface area contributed by atoms with Gasteiger partial charge in [-0.1, -0.05) is 25.4 Å². The van der Waals surface area contributed by atoms with Gasteiger partial charge in [0.05, 0.1) is 16.6 Å². The molecule has 2 rings (SSSR count). The van der Waals surface area contributed by atoms with Crippen molar-refractivity contribution in [1.82, 2.24) is 14.5 Å². The van der Waals surface area contributed by atoms with Crippen molar-refractivity contribution in [3.05, 3.63) is 22.2 Å². The summed E-state index contributed by atoms with van der Waals surface area (Å²) >= 11 is 6.16. The van der Waals surface area contributed by atoms with E-state index in [4.69, 9.17) is 11.6 Å². The molecule has 0 atom stereocenters. The average Bonchev–Trinajstić information content (AvgIpc) is 2.62. The highest BCUT2D eigenvalue weighted by Gasteiger charge is 2.18. The zero-order valence-corrected chi connectivity index (χ0v) is 11.6. The lowest BCUT2D eigenvalue weighted by molar-refractivity contribution is 0.112. The molecular weight excluding hydrogens is 250 g/mol. The molecule has 18 heavy (non-hydrogen) atoms. The maximum Gasteiger partial charge on any atom is 0.153 e. The first kappa shape index (κ1) is 13.0. The molecule has 0 N–H and O–H groups in total. The van der Waals surface area contributed by atoms with Gasteiger partial charge in [0.25, 0.3) is 0 Å². The van der Waals surface area contributed by atoms with Crippen molar-refractivity contribution in [2.45, 2.75) is 33.1 Å². The summed E-state index contributed by atoms with van der Waals surface area (Å²) in [5.74, 6) is 0.816. The second-order valence-corrected chi connectivity index (χ2v) is 4.63. The summed E-state index contributed by atoms with van der Waals surface area (Å²) in [6.45, 7) is 4.11. The summed E-state index contributed by atoms with van der Waals surface area (Å²) in [4.78, 5) is 20.2. The van der Waals surface area contributed by atoms with Crippen LogP contribution in [0.4, 0.5) is 0 Å². The first-order valence-electron chi connectivity index (χ1n) is 6.12. The van der Waals surface area contributed by atoms with Gasteiger partial charge in [0.15, 0.2) is 6.29 Å². The third-order valence-corrected chi connectivity index (χ3v) is 3.50. The van der Waals surface area contributed by atoms with E-state index in [-0.39, 0.29) is 0 Å². The van der Waals surface area contributed by atoms with Crippen LogP contribution in [0.5, 0.6) is 0 Å². The molecule has 0 aliphatic rings. The molecule has 0 bridgehead atoms. The number of nitrogens with zero attached hydrogens (tertiary/aromatic N) is 3. The number of hydrogen-bond donors (Lipinski definition) is 0. The normalized spacial score (nSPS) is 11.1. The van der Waals surface area contributed by atoms with Gasteiger partial charge in [-0.05, 0) is 12.8 Å². The summed E-state index contributed by atoms with van der Waals surface area (Å²) in [5.41, 5.74) is 2.14. The van der Waals surface area contributed by atoms with Crippen LogP contribution in [-0.2, 0) is 19.9 Å². The number of fused-ring (bicyclic) bond motifs is 1. The van der Waals surface area contributed by atoms with E-state index in [1.807, 2.05) is 14.0 Å². The topological polar surface area (TPSA) is 47.8 Å². The predicted octanol–water partition coefficient (Wildman–Crippen LogP) is 2.95. The molecule has 4 nitrogen and oxygen atoms in total. The van der Waals surface area contributed by atoms with Gasteiger partial charge in [-0.2, -0.15) is 0 Å². The minimum absolute atomic E-state index is 0.428. The molecule has 0 saturated carbocycles. The lowest BCUT2D eigenvalue weighted by Gasteiger charge is -2.04. The summed E-state index contributed by atoms with van der Waals surface area (Å²) in [6, 6.07) is 0. The molecule has 2 aromatic rings. The van der Waals surface area contributed by atoms with Gasteiger partial charge in [0.2, 0.25) is 0 Å². The quantitative estimate of drug-likeness (QED) is 0.799. The van der Waals surface area contributed by atoms with Crippen LogP contribution in [0.3, 0.4) is 0 Å². The lowest BCUT2D eigenvalue weighted by Crippen LogP contribution is -2.02. The molecule has 0 unspecified atom stereocenters. The van der Waals surface area contributed by atoms with Gasteiger partial charge >= 0.3 is 0 Å². The lowest BCUT2D eigenvalue weighted by atomic mass is 10.1. The minimum Gasteiger partial charge on any atom is -0.319 e. The van der Waals surface area contributed by atoms with Crippen LogP contribution in [0.2, 0.25) is 5.15 Å². The summed E-state index contributed by atoms with van der Waals surface area (Å²) in [7, 11) is 1.82. The molecule has 2 heterocycles. The van der Waals surface area contributed by atoms with E-state index < -0.39 is 0 Å². The van der Waals surface area contributed by atoms with Crippen molar-refractivity contribution in [2.75, 3.05) is 0 Å². The standard InChI is InChI=1S/C13H16ClN3O/c1-4-6-10-15-9(5-2)11-8(7-18)12(14)17(3)13(11)16-10/h7H,4-6H2,1-3H3. The third kappa shape index (κ3) is 1.90. The first-order chi connectivity index (χ1) is 8.63. The minimum atomic E-state index is 0.428. The SMILES string of the molecule is CCCc1nc(CC)c2c(C=O)c(Cl)n(C)c2n1. The zero-order valence-electron chi connectivity index (χ0n) is 10.8. The van der Waals surface area contributed by atoms with E-state index >= 15 is 0 Å². The second-order valence-electron chi connectivity index (χ2n) is 4.27. The molecule has 0 amide bonds. The zero-order chi connectivity index (χ0) is 13.3. The number of carbonyl (C=O) groups excluding carboxylic acids is 1. The maximum absolute atomic E-state index is 11.2. The predicted molar refractivity (Wildman–Crippen MR) is 72.3 cm³/mol. The Morgan fingerprint density at radius 3 is 2.61 bits per heavy atom. The highest BCUT2D eigenvalue weighted by atomic mass is 35.5. The van der Waals surface area contributed by atoms with E-state index in [0.717, 1.165) is 48.1 Å². The molecular formula is C13H16ClN3O. The van der Waals surface area contributed by atoms with Gasteiger partial charge in [0.1, 0.15) is 16.6 Å². The van der Waals surface area contributed by atoms with Crippen LogP contribution in [0.1, 0.15) is 42.1 Å².